The van der Waals surface area contributed by atoms with Crippen molar-refractivity contribution in [1.82, 2.24) is 5.32 Å². The predicted molar refractivity (Wildman–Crippen MR) is 99.5 cm³/mol. The van der Waals surface area contributed by atoms with Crippen molar-refractivity contribution < 1.29 is 9.53 Å². The highest BCUT2D eigenvalue weighted by atomic mass is 35.5. The summed E-state index contributed by atoms with van der Waals surface area (Å²) in [6.07, 6.45) is 0. The fourth-order valence-electron chi connectivity index (χ4n) is 3.12. The molecule has 0 radical (unpaired) electrons. The van der Waals surface area contributed by atoms with Crippen LogP contribution >= 0.6 is 12.4 Å². The Hall–Kier alpha value is -2.04. The molecule has 1 amide bonds. The number of carbonyl (C=O) groups excluding carboxylic acids is 1. The summed E-state index contributed by atoms with van der Waals surface area (Å²) in [7, 11) is 0. The lowest BCUT2D eigenvalue weighted by molar-refractivity contribution is 0.102. The van der Waals surface area contributed by atoms with E-state index in [0.29, 0.717) is 6.61 Å². The van der Waals surface area contributed by atoms with E-state index in [2.05, 4.69) is 10.6 Å². The SMILES string of the molecule is Cc1cc(C)c(C(=O)Nc2ccc3c(c2)CNCCO3)c(C)c1.Cl. The first kappa shape index (κ1) is 18.3. The van der Waals surface area contributed by atoms with Gasteiger partial charge in [0.1, 0.15) is 12.4 Å². The molecule has 0 aromatic heterocycles. The van der Waals surface area contributed by atoms with E-state index >= 15 is 0 Å². The summed E-state index contributed by atoms with van der Waals surface area (Å²) >= 11 is 0. The Balaban J connectivity index is 0.00000208. The second-order valence-electron chi connectivity index (χ2n) is 6.08. The minimum absolute atomic E-state index is 0. The quantitative estimate of drug-likeness (QED) is 0.870. The number of benzene rings is 2. The van der Waals surface area contributed by atoms with Crippen LogP contribution in [-0.4, -0.2) is 19.1 Å². The summed E-state index contributed by atoms with van der Waals surface area (Å²) in [6, 6.07) is 9.87. The van der Waals surface area contributed by atoms with Crippen molar-refractivity contribution in [3.05, 3.63) is 58.1 Å². The molecule has 0 bridgehead atoms. The van der Waals surface area contributed by atoms with E-state index in [1.807, 2.05) is 51.1 Å². The molecule has 1 aliphatic rings. The highest BCUT2D eigenvalue weighted by molar-refractivity contribution is 6.06. The molecule has 2 aromatic rings. The van der Waals surface area contributed by atoms with E-state index in [1.54, 1.807) is 0 Å². The zero-order chi connectivity index (χ0) is 16.4. The molecule has 1 heterocycles. The maximum absolute atomic E-state index is 12.6. The number of ether oxygens (including phenoxy) is 1. The van der Waals surface area contributed by atoms with Gasteiger partial charge in [-0.1, -0.05) is 17.7 Å². The Labute approximate surface area is 149 Å². The third-order valence-corrected chi connectivity index (χ3v) is 4.07. The van der Waals surface area contributed by atoms with Gasteiger partial charge in [-0.05, 0) is 50.1 Å². The van der Waals surface area contributed by atoms with Gasteiger partial charge in [0, 0.05) is 29.9 Å². The van der Waals surface area contributed by atoms with E-state index in [4.69, 9.17) is 4.74 Å². The van der Waals surface area contributed by atoms with Crippen molar-refractivity contribution in [2.75, 3.05) is 18.5 Å². The average Bonchev–Trinajstić information content (AvgIpc) is 2.70. The lowest BCUT2D eigenvalue weighted by atomic mass is 9.99. The summed E-state index contributed by atoms with van der Waals surface area (Å²) in [5.41, 5.74) is 5.78. The molecule has 4 nitrogen and oxygen atoms in total. The van der Waals surface area contributed by atoms with Gasteiger partial charge in [0.2, 0.25) is 0 Å². The van der Waals surface area contributed by atoms with Gasteiger partial charge in [-0.3, -0.25) is 4.79 Å². The number of hydrogen-bond acceptors (Lipinski definition) is 3. The summed E-state index contributed by atoms with van der Waals surface area (Å²) in [4.78, 5) is 12.6. The molecule has 128 valence electrons. The Kier molecular flexibility index (Phi) is 5.86. The van der Waals surface area contributed by atoms with Crippen LogP contribution in [0.4, 0.5) is 5.69 Å². The molecule has 0 aliphatic carbocycles. The van der Waals surface area contributed by atoms with Gasteiger partial charge in [0.15, 0.2) is 0 Å². The monoisotopic (exact) mass is 346 g/mol. The van der Waals surface area contributed by atoms with Crippen LogP contribution in [0.15, 0.2) is 30.3 Å². The highest BCUT2D eigenvalue weighted by Crippen LogP contribution is 2.25. The molecule has 0 saturated carbocycles. The number of carbonyl (C=O) groups is 1. The van der Waals surface area contributed by atoms with Crippen LogP contribution in [0.3, 0.4) is 0 Å². The van der Waals surface area contributed by atoms with Crippen LogP contribution in [0.5, 0.6) is 5.75 Å². The van der Waals surface area contributed by atoms with Gasteiger partial charge >= 0.3 is 0 Å². The third kappa shape index (κ3) is 3.89. The molecular weight excluding hydrogens is 324 g/mol. The van der Waals surface area contributed by atoms with Gasteiger partial charge in [0.05, 0.1) is 0 Å². The van der Waals surface area contributed by atoms with Gasteiger partial charge in [-0.15, -0.1) is 12.4 Å². The number of anilines is 1. The van der Waals surface area contributed by atoms with Crippen LogP contribution in [0, 0.1) is 20.8 Å². The van der Waals surface area contributed by atoms with E-state index in [0.717, 1.165) is 46.8 Å². The Morgan fingerprint density at radius 1 is 1.12 bits per heavy atom. The Morgan fingerprint density at radius 3 is 2.54 bits per heavy atom. The number of hydrogen-bond donors (Lipinski definition) is 2. The molecular formula is C19H23ClN2O2. The number of halogens is 1. The summed E-state index contributed by atoms with van der Waals surface area (Å²) in [5, 5.41) is 6.31. The summed E-state index contributed by atoms with van der Waals surface area (Å²) in [5.74, 6) is 0.818. The van der Waals surface area contributed by atoms with Crippen LogP contribution < -0.4 is 15.4 Å². The minimum atomic E-state index is -0.0672. The van der Waals surface area contributed by atoms with E-state index in [1.165, 1.54) is 5.56 Å². The molecule has 0 unspecified atom stereocenters. The standard InChI is InChI=1S/C19H22N2O2.ClH/c1-12-8-13(2)18(14(3)9-12)19(22)21-16-4-5-17-15(10-16)11-20-6-7-23-17;/h4-5,8-10,20H,6-7,11H2,1-3H3,(H,21,22);1H. The Bertz CT molecular complexity index is 736. The van der Waals surface area contributed by atoms with Gasteiger partial charge in [0.25, 0.3) is 5.91 Å². The molecule has 2 N–H and O–H groups in total. The lowest BCUT2D eigenvalue weighted by Crippen LogP contribution is -2.16. The molecule has 24 heavy (non-hydrogen) atoms. The summed E-state index contributed by atoms with van der Waals surface area (Å²) < 4.78 is 5.67. The predicted octanol–water partition coefficient (Wildman–Crippen LogP) is 3.77. The first-order valence-electron chi connectivity index (χ1n) is 7.90. The van der Waals surface area contributed by atoms with Crippen LogP contribution in [-0.2, 0) is 6.54 Å². The van der Waals surface area contributed by atoms with E-state index in [9.17, 15) is 4.79 Å². The van der Waals surface area contributed by atoms with E-state index in [-0.39, 0.29) is 18.3 Å². The number of nitrogens with one attached hydrogen (secondary N) is 2. The summed E-state index contributed by atoms with van der Waals surface area (Å²) in [6.45, 7) is 8.24. The number of fused-ring (bicyclic) bond motifs is 1. The molecule has 0 saturated heterocycles. The normalized spacial score (nSPS) is 13.1. The molecule has 3 rings (SSSR count). The second-order valence-corrected chi connectivity index (χ2v) is 6.08. The molecule has 0 fully saturated rings. The van der Waals surface area contributed by atoms with Gasteiger partial charge in [-0.2, -0.15) is 0 Å². The van der Waals surface area contributed by atoms with Crippen molar-refractivity contribution in [3.8, 4) is 5.75 Å². The highest BCUT2D eigenvalue weighted by Gasteiger charge is 2.15. The van der Waals surface area contributed by atoms with Gasteiger partial charge < -0.3 is 15.4 Å². The topological polar surface area (TPSA) is 50.4 Å². The fourth-order valence-corrected chi connectivity index (χ4v) is 3.12. The first-order valence-corrected chi connectivity index (χ1v) is 7.90. The maximum Gasteiger partial charge on any atom is 0.256 e. The number of aryl methyl sites for hydroxylation is 3. The van der Waals surface area contributed by atoms with Crippen LogP contribution in [0.1, 0.15) is 32.6 Å². The van der Waals surface area contributed by atoms with Crippen molar-refractivity contribution >= 4 is 24.0 Å². The minimum Gasteiger partial charge on any atom is -0.492 e. The molecule has 2 aromatic carbocycles. The number of rotatable bonds is 2. The van der Waals surface area contributed by atoms with Gasteiger partial charge in [-0.25, -0.2) is 0 Å². The zero-order valence-electron chi connectivity index (χ0n) is 14.2. The fraction of sp³-hybridized carbons (Fsp3) is 0.316. The second kappa shape index (κ2) is 7.69. The first-order chi connectivity index (χ1) is 11.0. The average molecular weight is 347 g/mol. The smallest absolute Gasteiger partial charge is 0.256 e. The maximum atomic E-state index is 12.6. The molecule has 5 heteroatoms. The van der Waals surface area contributed by atoms with E-state index < -0.39 is 0 Å². The lowest BCUT2D eigenvalue weighted by Gasteiger charge is -2.13. The number of amides is 1. The van der Waals surface area contributed by atoms with Crippen molar-refractivity contribution in [2.45, 2.75) is 27.3 Å². The van der Waals surface area contributed by atoms with Crippen LogP contribution in [0.25, 0.3) is 0 Å². The van der Waals surface area contributed by atoms with Crippen molar-refractivity contribution in [3.63, 3.8) is 0 Å². The largest absolute Gasteiger partial charge is 0.492 e. The zero-order valence-corrected chi connectivity index (χ0v) is 15.0. The molecule has 0 spiro atoms. The Morgan fingerprint density at radius 2 is 1.83 bits per heavy atom. The molecule has 1 aliphatic heterocycles. The molecule has 0 atom stereocenters. The van der Waals surface area contributed by atoms with Crippen molar-refractivity contribution in [1.29, 1.82) is 0 Å². The van der Waals surface area contributed by atoms with Crippen molar-refractivity contribution in [2.24, 2.45) is 0 Å². The van der Waals surface area contributed by atoms with Crippen LogP contribution in [0.2, 0.25) is 0 Å². The third-order valence-electron chi connectivity index (χ3n) is 4.07.